The van der Waals surface area contributed by atoms with E-state index in [1.807, 2.05) is 41.5 Å². The SMILES string of the molecule is CC(C)(C)Sc1ccc(N=CNO)cc1. The van der Waals surface area contributed by atoms with E-state index in [2.05, 4.69) is 25.8 Å². The Morgan fingerprint density at radius 3 is 2.33 bits per heavy atom. The predicted octanol–water partition coefficient (Wildman–Crippen LogP) is 3.22. The Hall–Kier alpha value is -1.00. The van der Waals surface area contributed by atoms with Gasteiger partial charge in [0.25, 0.3) is 0 Å². The molecule has 0 spiro atoms. The second-order valence-electron chi connectivity index (χ2n) is 4.10. The average Bonchev–Trinajstić information content (AvgIpc) is 2.14. The number of aliphatic imine (C=N–C) groups is 1. The summed E-state index contributed by atoms with van der Waals surface area (Å²) in [6.07, 6.45) is 1.24. The first-order chi connectivity index (χ1) is 7.01. The molecule has 0 aromatic heterocycles. The molecule has 0 aliphatic carbocycles. The third-order valence-electron chi connectivity index (χ3n) is 1.53. The van der Waals surface area contributed by atoms with Crippen LogP contribution >= 0.6 is 11.8 Å². The lowest BCUT2D eigenvalue weighted by molar-refractivity contribution is 0.240. The maximum absolute atomic E-state index is 8.33. The van der Waals surface area contributed by atoms with Gasteiger partial charge in [-0.3, -0.25) is 10.7 Å². The molecule has 0 aliphatic rings. The fraction of sp³-hybridized carbons (Fsp3) is 0.364. The van der Waals surface area contributed by atoms with Gasteiger partial charge in [0.05, 0.1) is 5.69 Å². The molecule has 1 rings (SSSR count). The van der Waals surface area contributed by atoms with Gasteiger partial charge >= 0.3 is 0 Å². The summed E-state index contributed by atoms with van der Waals surface area (Å²) in [4.78, 5) is 5.19. The highest BCUT2D eigenvalue weighted by atomic mass is 32.2. The number of hydroxylamine groups is 1. The molecule has 0 radical (unpaired) electrons. The van der Waals surface area contributed by atoms with Crippen molar-refractivity contribution in [2.45, 2.75) is 30.4 Å². The molecule has 0 aliphatic heterocycles. The molecule has 0 saturated carbocycles. The maximum Gasteiger partial charge on any atom is 0.113 e. The van der Waals surface area contributed by atoms with Gasteiger partial charge in [0.2, 0.25) is 0 Å². The lowest BCUT2D eigenvalue weighted by Gasteiger charge is -2.17. The van der Waals surface area contributed by atoms with E-state index in [9.17, 15) is 0 Å². The Labute approximate surface area is 94.6 Å². The first kappa shape index (κ1) is 12.1. The van der Waals surface area contributed by atoms with E-state index in [1.165, 1.54) is 11.2 Å². The molecule has 0 atom stereocenters. The summed E-state index contributed by atoms with van der Waals surface area (Å²) in [5.41, 5.74) is 2.69. The zero-order chi connectivity index (χ0) is 11.3. The zero-order valence-corrected chi connectivity index (χ0v) is 10.0. The van der Waals surface area contributed by atoms with Gasteiger partial charge in [-0.2, -0.15) is 0 Å². The van der Waals surface area contributed by atoms with Crippen LogP contribution in [-0.4, -0.2) is 16.3 Å². The lowest BCUT2D eigenvalue weighted by atomic mass is 10.3. The van der Waals surface area contributed by atoms with Gasteiger partial charge in [0, 0.05) is 9.64 Å². The van der Waals surface area contributed by atoms with Crippen LogP contribution in [-0.2, 0) is 0 Å². The van der Waals surface area contributed by atoms with Gasteiger partial charge in [-0.15, -0.1) is 11.8 Å². The van der Waals surface area contributed by atoms with E-state index < -0.39 is 0 Å². The number of hydrogen-bond acceptors (Lipinski definition) is 3. The molecule has 0 saturated heterocycles. The minimum atomic E-state index is 0.220. The Balaban J connectivity index is 2.68. The van der Waals surface area contributed by atoms with E-state index in [0.717, 1.165) is 5.69 Å². The third kappa shape index (κ3) is 4.85. The van der Waals surface area contributed by atoms with Crippen molar-refractivity contribution in [2.75, 3.05) is 0 Å². The van der Waals surface area contributed by atoms with E-state index in [-0.39, 0.29) is 4.75 Å². The third-order valence-corrected chi connectivity index (χ3v) is 2.65. The summed E-state index contributed by atoms with van der Waals surface area (Å²) >= 11 is 1.82. The second kappa shape index (κ2) is 5.19. The molecule has 0 amide bonds. The molecule has 82 valence electrons. The van der Waals surface area contributed by atoms with Crippen LogP contribution in [0.2, 0.25) is 0 Å². The molecule has 3 nitrogen and oxygen atoms in total. The largest absolute Gasteiger partial charge is 0.290 e. The maximum atomic E-state index is 8.33. The minimum Gasteiger partial charge on any atom is -0.290 e. The highest BCUT2D eigenvalue weighted by Crippen LogP contribution is 2.32. The predicted molar refractivity (Wildman–Crippen MR) is 65.1 cm³/mol. The highest BCUT2D eigenvalue weighted by molar-refractivity contribution is 8.00. The molecule has 0 bridgehead atoms. The van der Waals surface area contributed by atoms with Crippen molar-refractivity contribution in [1.29, 1.82) is 0 Å². The van der Waals surface area contributed by atoms with Crippen LogP contribution in [0.3, 0.4) is 0 Å². The van der Waals surface area contributed by atoms with E-state index >= 15 is 0 Å². The summed E-state index contributed by atoms with van der Waals surface area (Å²) in [5.74, 6) is 0. The fourth-order valence-corrected chi connectivity index (χ4v) is 2.04. The molecule has 15 heavy (non-hydrogen) atoms. The van der Waals surface area contributed by atoms with Crippen molar-refractivity contribution in [2.24, 2.45) is 4.99 Å². The average molecular weight is 224 g/mol. The van der Waals surface area contributed by atoms with Crippen molar-refractivity contribution in [1.82, 2.24) is 5.48 Å². The Morgan fingerprint density at radius 1 is 1.27 bits per heavy atom. The molecule has 1 aromatic rings. The number of nitrogens with one attached hydrogen (secondary N) is 1. The fourth-order valence-electron chi connectivity index (χ4n) is 1.06. The van der Waals surface area contributed by atoms with E-state index in [1.54, 1.807) is 0 Å². The Morgan fingerprint density at radius 2 is 1.87 bits per heavy atom. The zero-order valence-electron chi connectivity index (χ0n) is 9.19. The summed E-state index contributed by atoms with van der Waals surface area (Å²) in [6.45, 7) is 6.54. The van der Waals surface area contributed by atoms with Crippen molar-refractivity contribution in [3.8, 4) is 0 Å². The van der Waals surface area contributed by atoms with Crippen LogP contribution in [0.4, 0.5) is 5.69 Å². The number of benzene rings is 1. The van der Waals surface area contributed by atoms with Crippen LogP contribution < -0.4 is 5.48 Å². The van der Waals surface area contributed by atoms with Gasteiger partial charge in [0.1, 0.15) is 6.34 Å². The van der Waals surface area contributed by atoms with Gasteiger partial charge in [-0.25, -0.2) is 4.99 Å². The molecule has 0 unspecified atom stereocenters. The molecule has 4 heteroatoms. The monoisotopic (exact) mass is 224 g/mol. The van der Waals surface area contributed by atoms with Crippen LogP contribution in [0.1, 0.15) is 20.8 Å². The summed E-state index contributed by atoms with van der Waals surface area (Å²) in [7, 11) is 0. The number of rotatable bonds is 3. The van der Waals surface area contributed by atoms with Crippen molar-refractivity contribution >= 4 is 23.8 Å². The molecule has 0 fully saturated rings. The molecule has 1 aromatic carbocycles. The van der Waals surface area contributed by atoms with Crippen LogP contribution in [0.15, 0.2) is 34.2 Å². The van der Waals surface area contributed by atoms with E-state index in [0.29, 0.717) is 0 Å². The normalized spacial score (nSPS) is 12.0. The van der Waals surface area contributed by atoms with Gasteiger partial charge < -0.3 is 0 Å². The summed E-state index contributed by atoms with van der Waals surface area (Å²) < 4.78 is 0.220. The van der Waals surface area contributed by atoms with Crippen LogP contribution in [0.25, 0.3) is 0 Å². The highest BCUT2D eigenvalue weighted by Gasteiger charge is 2.11. The number of nitrogens with zero attached hydrogens (tertiary/aromatic N) is 1. The van der Waals surface area contributed by atoms with E-state index in [4.69, 9.17) is 5.21 Å². The number of hydrogen-bond donors (Lipinski definition) is 2. The summed E-state index contributed by atoms with van der Waals surface area (Å²) in [5, 5.41) is 8.33. The standard InChI is InChI=1S/C11H16N2OS/c1-11(2,3)15-10-6-4-9(5-7-10)12-8-13-14/h4-8,14H,1-3H3,(H,12,13). The second-order valence-corrected chi connectivity index (χ2v) is 6.00. The van der Waals surface area contributed by atoms with Crippen LogP contribution in [0, 0.1) is 0 Å². The topological polar surface area (TPSA) is 44.6 Å². The van der Waals surface area contributed by atoms with Gasteiger partial charge in [-0.05, 0) is 24.3 Å². The van der Waals surface area contributed by atoms with Gasteiger partial charge in [-0.1, -0.05) is 20.8 Å². The first-order valence-corrected chi connectivity index (χ1v) is 5.54. The minimum absolute atomic E-state index is 0.220. The van der Waals surface area contributed by atoms with Crippen molar-refractivity contribution in [3.05, 3.63) is 24.3 Å². The molecular formula is C11H16N2OS. The smallest absolute Gasteiger partial charge is 0.113 e. The first-order valence-electron chi connectivity index (χ1n) is 4.72. The lowest BCUT2D eigenvalue weighted by Crippen LogP contribution is -2.06. The summed E-state index contributed by atoms with van der Waals surface area (Å²) in [6, 6.07) is 7.89. The van der Waals surface area contributed by atoms with Crippen LogP contribution in [0.5, 0.6) is 0 Å². The Kier molecular flexibility index (Phi) is 4.17. The van der Waals surface area contributed by atoms with Crippen molar-refractivity contribution < 1.29 is 5.21 Å². The Bertz CT molecular complexity index is 327. The number of thioether (sulfide) groups is 1. The molecule has 2 N–H and O–H groups in total. The molecular weight excluding hydrogens is 208 g/mol. The van der Waals surface area contributed by atoms with Gasteiger partial charge in [0.15, 0.2) is 0 Å². The molecule has 0 heterocycles. The quantitative estimate of drug-likeness (QED) is 0.358. The van der Waals surface area contributed by atoms with Crippen molar-refractivity contribution in [3.63, 3.8) is 0 Å².